The van der Waals surface area contributed by atoms with Crippen LogP contribution in [0.5, 0.6) is 0 Å². The van der Waals surface area contributed by atoms with Gasteiger partial charge in [0.1, 0.15) is 5.82 Å². The Labute approximate surface area is 127 Å². The fraction of sp³-hybridized carbons (Fsp3) is 0.412. The Bertz CT molecular complexity index is 568. The molecule has 1 aromatic heterocycles. The van der Waals surface area contributed by atoms with Crippen molar-refractivity contribution >= 4 is 17.5 Å². The quantitative estimate of drug-likeness (QED) is 0.833. The first kappa shape index (κ1) is 15.3. The number of nitrogens with one attached hydrogen (secondary N) is 1. The molecule has 2 aromatic rings. The molecule has 0 aliphatic carbocycles. The molecule has 112 valence electrons. The number of nitrogens with zero attached hydrogens (tertiary/aromatic N) is 3. The second-order valence-electron chi connectivity index (χ2n) is 5.15. The first-order valence-electron chi connectivity index (χ1n) is 7.63. The highest BCUT2D eigenvalue weighted by Crippen LogP contribution is 2.20. The van der Waals surface area contributed by atoms with Crippen molar-refractivity contribution in [3.8, 4) is 0 Å². The zero-order valence-corrected chi connectivity index (χ0v) is 13.1. The highest BCUT2D eigenvalue weighted by atomic mass is 15.2. The minimum Gasteiger partial charge on any atom is -0.360 e. The topological polar surface area (TPSA) is 41.1 Å². The van der Waals surface area contributed by atoms with E-state index in [1.807, 2.05) is 18.3 Å². The molecule has 0 aliphatic rings. The van der Waals surface area contributed by atoms with E-state index in [0.717, 1.165) is 24.5 Å². The first-order valence-corrected chi connectivity index (χ1v) is 7.63. The van der Waals surface area contributed by atoms with Gasteiger partial charge in [-0.2, -0.15) is 4.98 Å². The van der Waals surface area contributed by atoms with Crippen LogP contribution in [0.2, 0.25) is 0 Å². The van der Waals surface area contributed by atoms with E-state index < -0.39 is 0 Å². The second kappa shape index (κ2) is 7.62. The van der Waals surface area contributed by atoms with Crippen molar-refractivity contribution in [1.82, 2.24) is 9.97 Å². The number of hydrogen-bond donors (Lipinski definition) is 1. The Kier molecular flexibility index (Phi) is 5.55. The second-order valence-corrected chi connectivity index (χ2v) is 5.15. The van der Waals surface area contributed by atoms with Crippen LogP contribution in [0.25, 0.3) is 0 Å². The summed E-state index contributed by atoms with van der Waals surface area (Å²) in [5.74, 6) is 1.60. The van der Waals surface area contributed by atoms with Crippen LogP contribution in [0.15, 0.2) is 36.5 Å². The predicted octanol–water partition coefficient (Wildman–Crippen LogP) is 4.02. The van der Waals surface area contributed by atoms with Crippen LogP contribution in [-0.2, 0) is 6.42 Å². The van der Waals surface area contributed by atoms with Crippen LogP contribution in [0, 0.1) is 0 Å². The minimum atomic E-state index is 0.650. The number of rotatable bonds is 7. The largest absolute Gasteiger partial charge is 0.360 e. The summed E-state index contributed by atoms with van der Waals surface area (Å²) in [5.41, 5.74) is 2.35. The van der Waals surface area contributed by atoms with Crippen molar-refractivity contribution in [2.24, 2.45) is 0 Å². The van der Waals surface area contributed by atoms with Crippen LogP contribution in [-0.4, -0.2) is 23.6 Å². The first-order chi connectivity index (χ1) is 10.2. The smallest absolute Gasteiger partial charge is 0.229 e. The predicted molar refractivity (Wildman–Crippen MR) is 89.3 cm³/mol. The summed E-state index contributed by atoms with van der Waals surface area (Å²) in [6, 6.07) is 10.2. The number of aromatic nitrogens is 2. The zero-order chi connectivity index (χ0) is 15.1. The summed E-state index contributed by atoms with van der Waals surface area (Å²) in [6.45, 7) is 5.36. The summed E-state index contributed by atoms with van der Waals surface area (Å²) in [6.07, 6.45) is 5.15. The molecule has 0 atom stereocenters. The van der Waals surface area contributed by atoms with Gasteiger partial charge in [0.2, 0.25) is 5.95 Å². The number of benzene rings is 1. The number of anilines is 3. The lowest BCUT2D eigenvalue weighted by molar-refractivity contribution is 0.759. The Morgan fingerprint density at radius 1 is 1.14 bits per heavy atom. The molecule has 1 N–H and O–H groups in total. The van der Waals surface area contributed by atoms with E-state index in [1.54, 1.807) is 0 Å². The van der Waals surface area contributed by atoms with Gasteiger partial charge in [-0.15, -0.1) is 0 Å². The average Bonchev–Trinajstić information content (AvgIpc) is 2.53. The molecule has 0 saturated carbocycles. The molecular weight excluding hydrogens is 260 g/mol. The minimum absolute atomic E-state index is 0.650. The molecule has 4 nitrogen and oxygen atoms in total. The van der Waals surface area contributed by atoms with Crippen molar-refractivity contribution < 1.29 is 0 Å². The van der Waals surface area contributed by atoms with Gasteiger partial charge in [0.15, 0.2) is 0 Å². The average molecular weight is 284 g/mol. The summed E-state index contributed by atoms with van der Waals surface area (Å²) in [5, 5.41) is 3.33. The summed E-state index contributed by atoms with van der Waals surface area (Å²) >= 11 is 0. The van der Waals surface area contributed by atoms with Gasteiger partial charge in [-0.25, -0.2) is 4.98 Å². The number of unbranched alkanes of at least 4 members (excludes halogenated alkanes) is 1. The van der Waals surface area contributed by atoms with Gasteiger partial charge in [-0.3, -0.25) is 0 Å². The third kappa shape index (κ3) is 4.18. The number of para-hydroxylation sites is 1. The fourth-order valence-corrected chi connectivity index (χ4v) is 2.20. The molecule has 2 rings (SSSR count). The van der Waals surface area contributed by atoms with E-state index in [-0.39, 0.29) is 0 Å². The van der Waals surface area contributed by atoms with Crippen LogP contribution in [0.4, 0.5) is 17.5 Å². The number of aryl methyl sites for hydroxylation is 1. The molecule has 0 fully saturated rings. The van der Waals surface area contributed by atoms with Crippen LogP contribution < -0.4 is 10.2 Å². The van der Waals surface area contributed by atoms with E-state index in [2.05, 4.69) is 59.3 Å². The Balaban J connectivity index is 2.14. The van der Waals surface area contributed by atoms with Crippen molar-refractivity contribution in [3.05, 3.63) is 42.1 Å². The highest BCUT2D eigenvalue weighted by Gasteiger charge is 2.06. The monoisotopic (exact) mass is 284 g/mol. The van der Waals surface area contributed by atoms with Gasteiger partial charge in [0, 0.05) is 25.5 Å². The maximum Gasteiger partial charge on any atom is 0.229 e. The van der Waals surface area contributed by atoms with Crippen LogP contribution in [0.3, 0.4) is 0 Å². The molecule has 0 unspecified atom stereocenters. The van der Waals surface area contributed by atoms with Crippen molar-refractivity contribution in [2.75, 3.05) is 23.8 Å². The van der Waals surface area contributed by atoms with Crippen LogP contribution >= 0.6 is 0 Å². The van der Waals surface area contributed by atoms with Gasteiger partial charge in [0.05, 0.1) is 0 Å². The van der Waals surface area contributed by atoms with Crippen molar-refractivity contribution in [1.29, 1.82) is 0 Å². The Morgan fingerprint density at radius 3 is 2.71 bits per heavy atom. The van der Waals surface area contributed by atoms with Gasteiger partial charge in [-0.05, 0) is 30.5 Å². The lowest BCUT2D eigenvalue weighted by atomic mass is 10.1. The van der Waals surface area contributed by atoms with Gasteiger partial charge in [-0.1, -0.05) is 38.5 Å². The third-order valence-electron chi connectivity index (χ3n) is 3.52. The molecule has 0 radical (unpaired) electrons. The molecule has 0 bridgehead atoms. The molecule has 4 heteroatoms. The maximum absolute atomic E-state index is 4.60. The Hall–Kier alpha value is -2.10. The van der Waals surface area contributed by atoms with Gasteiger partial charge in [0.25, 0.3) is 0 Å². The normalized spacial score (nSPS) is 10.4. The lowest BCUT2D eigenvalue weighted by Crippen LogP contribution is -2.20. The molecule has 0 aliphatic heterocycles. The Morgan fingerprint density at radius 2 is 1.95 bits per heavy atom. The molecule has 21 heavy (non-hydrogen) atoms. The van der Waals surface area contributed by atoms with E-state index in [1.165, 1.54) is 18.4 Å². The molecule has 1 heterocycles. The summed E-state index contributed by atoms with van der Waals surface area (Å²) in [7, 11) is 2.07. The zero-order valence-electron chi connectivity index (χ0n) is 13.1. The van der Waals surface area contributed by atoms with Crippen LogP contribution in [0.1, 0.15) is 32.3 Å². The van der Waals surface area contributed by atoms with E-state index in [4.69, 9.17) is 0 Å². The van der Waals surface area contributed by atoms with Gasteiger partial charge < -0.3 is 10.2 Å². The summed E-state index contributed by atoms with van der Waals surface area (Å²) in [4.78, 5) is 11.1. The molecule has 0 spiro atoms. The van der Waals surface area contributed by atoms with E-state index in [0.29, 0.717) is 5.95 Å². The van der Waals surface area contributed by atoms with E-state index in [9.17, 15) is 0 Å². The third-order valence-corrected chi connectivity index (χ3v) is 3.52. The standard InChI is InChI=1S/C17H24N4/c1-4-6-13-21(3)16-11-12-18-17(20-16)19-15-10-8-7-9-14(15)5-2/h7-12H,4-6,13H2,1-3H3,(H,18,19,20). The molecular formula is C17H24N4. The van der Waals surface area contributed by atoms with Crippen molar-refractivity contribution in [3.63, 3.8) is 0 Å². The fourth-order valence-electron chi connectivity index (χ4n) is 2.20. The highest BCUT2D eigenvalue weighted by molar-refractivity contribution is 5.59. The number of hydrogen-bond acceptors (Lipinski definition) is 4. The van der Waals surface area contributed by atoms with Gasteiger partial charge >= 0.3 is 0 Å². The van der Waals surface area contributed by atoms with E-state index >= 15 is 0 Å². The maximum atomic E-state index is 4.60. The summed E-state index contributed by atoms with van der Waals surface area (Å²) < 4.78 is 0. The SMILES string of the molecule is CCCCN(C)c1ccnc(Nc2ccccc2CC)n1. The van der Waals surface area contributed by atoms with Crippen molar-refractivity contribution in [2.45, 2.75) is 33.1 Å². The lowest BCUT2D eigenvalue weighted by Gasteiger charge is -2.18. The molecule has 1 aromatic carbocycles. The molecule has 0 saturated heterocycles. The molecule has 0 amide bonds.